The first kappa shape index (κ1) is 20.5. The average molecular weight is 389 g/mol. The van der Waals surface area contributed by atoms with Gasteiger partial charge < -0.3 is 14.8 Å². The molecule has 3 rings (SSSR count). The molecule has 150 valence electrons. The minimum absolute atomic E-state index is 0.0508. The Bertz CT molecular complexity index is 938. The number of hydrogen-bond donors (Lipinski definition) is 1. The lowest BCUT2D eigenvalue weighted by atomic mass is 10.1. The van der Waals surface area contributed by atoms with Crippen LogP contribution in [0.2, 0.25) is 0 Å². The topological polar surface area (TPSA) is 47.6 Å². The molecule has 0 bridgehead atoms. The third-order valence-corrected chi connectivity index (χ3v) is 4.72. The van der Waals surface area contributed by atoms with Crippen LogP contribution in [0.3, 0.4) is 0 Å². The maximum absolute atomic E-state index is 12.3. The Labute approximate surface area is 172 Å². The SMILES string of the molecule is Cc1ccc(OCC(=O)Nc2ccccc2OCCCc2ccccc2)cc1C. The molecule has 0 aliphatic rings. The smallest absolute Gasteiger partial charge is 0.262 e. The number of rotatable bonds is 9. The van der Waals surface area contributed by atoms with Crippen LogP contribution in [0, 0.1) is 13.8 Å². The van der Waals surface area contributed by atoms with Crippen molar-refractivity contribution in [2.24, 2.45) is 0 Å². The number of ether oxygens (including phenoxy) is 2. The normalized spacial score (nSPS) is 10.4. The molecule has 0 saturated heterocycles. The second-order valence-electron chi connectivity index (χ2n) is 7.02. The highest BCUT2D eigenvalue weighted by Crippen LogP contribution is 2.24. The fraction of sp³-hybridized carbons (Fsp3) is 0.240. The number of benzene rings is 3. The van der Waals surface area contributed by atoms with Crippen LogP contribution in [0.5, 0.6) is 11.5 Å². The third kappa shape index (κ3) is 6.39. The lowest BCUT2D eigenvalue weighted by molar-refractivity contribution is -0.118. The highest BCUT2D eigenvalue weighted by atomic mass is 16.5. The number of para-hydroxylation sites is 2. The van der Waals surface area contributed by atoms with Crippen molar-refractivity contribution in [3.05, 3.63) is 89.5 Å². The number of amides is 1. The first-order valence-corrected chi connectivity index (χ1v) is 9.87. The minimum atomic E-state index is -0.219. The third-order valence-electron chi connectivity index (χ3n) is 4.72. The molecule has 0 fully saturated rings. The van der Waals surface area contributed by atoms with Gasteiger partial charge in [-0.1, -0.05) is 48.5 Å². The van der Waals surface area contributed by atoms with Gasteiger partial charge in [0.05, 0.1) is 12.3 Å². The summed E-state index contributed by atoms with van der Waals surface area (Å²) >= 11 is 0. The highest BCUT2D eigenvalue weighted by Gasteiger charge is 2.09. The molecule has 0 aromatic heterocycles. The van der Waals surface area contributed by atoms with Crippen molar-refractivity contribution in [2.45, 2.75) is 26.7 Å². The summed E-state index contributed by atoms with van der Waals surface area (Å²) in [6.07, 6.45) is 1.86. The van der Waals surface area contributed by atoms with Crippen LogP contribution in [0.1, 0.15) is 23.1 Å². The van der Waals surface area contributed by atoms with E-state index in [0.717, 1.165) is 18.4 Å². The van der Waals surface area contributed by atoms with Gasteiger partial charge in [0.2, 0.25) is 0 Å². The van der Waals surface area contributed by atoms with Crippen LogP contribution in [0.25, 0.3) is 0 Å². The molecular weight excluding hydrogens is 362 g/mol. The number of aryl methyl sites for hydroxylation is 3. The van der Waals surface area contributed by atoms with Gasteiger partial charge in [-0.2, -0.15) is 0 Å². The Morgan fingerprint density at radius 2 is 1.62 bits per heavy atom. The quantitative estimate of drug-likeness (QED) is 0.503. The van der Waals surface area contributed by atoms with Gasteiger partial charge in [-0.05, 0) is 67.6 Å². The summed E-state index contributed by atoms with van der Waals surface area (Å²) in [5, 5.41) is 2.88. The molecule has 0 saturated carbocycles. The maximum Gasteiger partial charge on any atom is 0.262 e. The van der Waals surface area contributed by atoms with Gasteiger partial charge in [-0.15, -0.1) is 0 Å². The van der Waals surface area contributed by atoms with E-state index < -0.39 is 0 Å². The van der Waals surface area contributed by atoms with Crippen LogP contribution < -0.4 is 14.8 Å². The zero-order chi connectivity index (χ0) is 20.5. The molecule has 0 spiro atoms. The number of anilines is 1. The predicted molar refractivity (Wildman–Crippen MR) is 117 cm³/mol. The molecule has 1 amide bonds. The van der Waals surface area contributed by atoms with Crippen molar-refractivity contribution in [2.75, 3.05) is 18.5 Å². The Hall–Kier alpha value is -3.27. The monoisotopic (exact) mass is 389 g/mol. The fourth-order valence-electron chi connectivity index (χ4n) is 2.94. The van der Waals surface area contributed by atoms with E-state index in [2.05, 4.69) is 17.4 Å². The van der Waals surface area contributed by atoms with Gasteiger partial charge in [0, 0.05) is 0 Å². The lowest BCUT2D eigenvalue weighted by Crippen LogP contribution is -2.20. The number of carbonyl (C=O) groups excluding carboxylic acids is 1. The number of nitrogens with one attached hydrogen (secondary N) is 1. The first-order chi connectivity index (χ1) is 14.1. The van der Waals surface area contributed by atoms with Gasteiger partial charge in [-0.3, -0.25) is 4.79 Å². The Balaban J connectivity index is 1.48. The van der Waals surface area contributed by atoms with E-state index in [9.17, 15) is 4.79 Å². The molecule has 4 heteroatoms. The lowest BCUT2D eigenvalue weighted by Gasteiger charge is -2.13. The van der Waals surface area contributed by atoms with E-state index in [1.54, 1.807) is 0 Å². The molecule has 3 aromatic carbocycles. The van der Waals surface area contributed by atoms with Gasteiger partial charge in [-0.25, -0.2) is 0 Å². The first-order valence-electron chi connectivity index (χ1n) is 9.87. The summed E-state index contributed by atoms with van der Waals surface area (Å²) in [5.41, 5.74) is 4.28. The highest BCUT2D eigenvalue weighted by molar-refractivity contribution is 5.93. The molecule has 0 aliphatic heterocycles. The van der Waals surface area contributed by atoms with Crippen molar-refractivity contribution >= 4 is 11.6 Å². The summed E-state index contributed by atoms with van der Waals surface area (Å²) in [7, 11) is 0. The van der Waals surface area contributed by atoms with E-state index in [-0.39, 0.29) is 12.5 Å². The van der Waals surface area contributed by atoms with Crippen LogP contribution in [0.15, 0.2) is 72.8 Å². The van der Waals surface area contributed by atoms with Crippen LogP contribution in [0.4, 0.5) is 5.69 Å². The van der Waals surface area contributed by atoms with E-state index in [1.807, 2.05) is 74.5 Å². The molecule has 29 heavy (non-hydrogen) atoms. The molecule has 0 aliphatic carbocycles. The van der Waals surface area contributed by atoms with Crippen molar-refractivity contribution < 1.29 is 14.3 Å². The van der Waals surface area contributed by atoms with Crippen LogP contribution >= 0.6 is 0 Å². The van der Waals surface area contributed by atoms with Crippen LogP contribution in [-0.2, 0) is 11.2 Å². The van der Waals surface area contributed by atoms with Crippen molar-refractivity contribution in [1.82, 2.24) is 0 Å². The molecule has 0 heterocycles. The van der Waals surface area contributed by atoms with Gasteiger partial charge in [0.15, 0.2) is 6.61 Å². The maximum atomic E-state index is 12.3. The van der Waals surface area contributed by atoms with Crippen LogP contribution in [-0.4, -0.2) is 19.1 Å². The van der Waals surface area contributed by atoms with Gasteiger partial charge >= 0.3 is 0 Å². The largest absolute Gasteiger partial charge is 0.491 e. The summed E-state index contributed by atoms with van der Waals surface area (Å²) in [4.78, 5) is 12.3. The summed E-state index contributed by atoms with van der Waals surface area (Å²) in [6.45, 7) is 4.60. The molecule has 4 nitrogen and oxygen atoms in total. The van der Waals surface area contributed by atoms with E-state index in [4.69, 9.17) is 9.47 Å². The molecule has 3 aromatic rings. The predicted octanol–water partition coefficient (Wildman–Crippen LogP) is 5.33. The molecule has 1 N–H and O–H groups in total. The van der Waals surface area contributed by atoms with Crippen molar-refractivity contribution in [3.63, 3.8) is 0 Å². The Kier molecular flexibility index (Phi) is 7.28. The Morgan fingerprint density at radius 1 is 0.862 bits per heavy atom. The van der Waals surface area contributed by atoms with Gasteiger partial charge in [0.1, 0.15) is 11.5 Å². The second-order valence-corrected chi connectivity index (χ2v) is 7.02. The average Bonchev–Trinajstić information content (AvgIpc) is 2.74. The Morgan fingerprint density at radius 3 is 2.41 bits per heavy atom. The van der Waals surface area contributed by atoms with Crippen molar-refractivity contribution in [1.29, 1.82) is 0 Å². The van der Waals surface area contributed by atoms with E-state index >= 15 is 0 Å². The van der Waals surface area contributed by atoms with E-state index in [0.29, 0.717) is 23.8 Å². The summed E-state index contributed by atoms with van der Waals surface area (Å²) in [6, 6.07) is 23.6. The zero-order valence-corrected chi connectivity index (χ0v) is 17.0. The molecule has 0 atom stereocenters. The summed E-state index contributed by atoms with van der Waals surface area (Å²) < 4.78 is 11.5. The standard InChI is InChI=1S/C25H27NO3/c1-19-14-15-22(17-20(19)2)29-18-25(27)26-23-12-6-7-13-24(23)28-16-8-11-21-9-4-3-5-10-21/h3-7,9-10,12-15,17H,8,11,16,18H2,1-2H3,(H,26,27). The minimum Gasteiger partial charge on any atom is -0.491 e. The van der Waals surface area contributed by atoms with Crippen molar-refractivity contribution in [3.8, 4) is 11.5 Å². The molecule has 0 radical (unpaired) electrons. The van der Waals surface area contributed by atoms with E-state index in [1.165, 1.54) is 11.1 Å². The fourth-order valence-corrected chi connectivity index (χ4v) is 2.94. The zero-order valence-electron chi connectivity index (χ0n) is 17.0. The summed E-state index contributed by atoms with van der Waals surface area (Å²) in [5.74, 6) is 1.14. The number of hydrogen-bond acceptors (Lipinski definition) is 3. The molecule has 0 unspecified atom stereocenters. The number of carbonyl (C=O) groups is 1. The van der Waals surface area contributed by atoms with Gasteiger partial charge in [0.25, 0.3) is 5.91 Å². The second kappa shape index (κ2) is 10.3. The molecular formula is C25H27NO3.